The van der Waals surface area contributed by atoms with E-state index in [0.29, 0.717) is 9.90 Å². The molecule has 8 heteroatoms. The summed E-state index contributed by atoms with van der Waals surface area (Å²) >= 11 is 7.20. The van der Waals surface area contributed by atoms with E-state index in [1.165, 1.54) is 11.3 Å². The third kappa shape index (κ3) is 2.42. The molecule has 0 aliphatic carbocycles. The van der Waals surface area contributed by atoms with Gasteiger partial charge < -0.3 is 10.5 Å². The average molecular weight is 299 g/mol. The second kappa shape index (κ2) is 4.31. The fourth-order valence-electron chi connectivity index (χ4n) is 1.87. The lowest BCUT2D eigenvalue weighted by atomic mass is 9.92. The Morgan fingerprint density at radius 3 is 2.78 bits per heavy atom. The molecule has 0 spiro atoms. The molecule has 100 valence electrons. The van der Waals surface area contributed by atoms with E-state index in [4.69, 9.17) is 17.3 Å². The predicted octanol–water partition coefficient (Wildman–Crippen LogP) is 3.28. The molecule has 2 atom stereocenters. The maximum Gasteiger partial charge on any atom is 0.425 e. The van der Waals surface area contributed by atoms with Gasteiger partial charge in [0, 0.05) is 6.42 Å². The maximum absolute atomic E-state index is 12.7. The fourth-order valence-corrected chi connectivity index (χ4v) is 3.25. The first-order chi connectivity index (χ1) is 8.22. The summed E-state index contributed by atoms with van der Waals surface area (Å²) in [5.41, 5.74) is 4.24. The highest BCUT2D eigenvalue weighted by Crippen LogP contribution is 2.44. The molecule has 2 heterocycles. The number of nitrogens with zero attached hydrogens (tertiary/aromatic N) is 1. The van der Waals surface area contributed by atoms with Crippen LogP contribution in [-0.4, -0.2) is 18.3 Å². The van der Waals surface area contributed by atoms with Gasteiger partial charge in [-0.05, 0) is 18.4 Å². The van der Waals surface area contributed by atoms with Crippen molar-refractivity contribution in [1.29, 1.82) is 0 Å². The topological polar surface area (TPSA) is 47.6 Å². The summed E-state index contributed by atoms with van der Waals surface area (Å²) < 4.78 is 42.8. The Balaban J connectivity index is 2.39. The summed E-state index contributed by atoms with van der Waals surface area (Å²) in [5.74, 6) is 0. The molecule has 0 bridgehead atoms. The number of halogens is 4. The van der Waals surface area contributed by atoms with E-state index in [-0.39, 0.29) is 6.42 Å². The van der Waals surface area contributed by atoms with Gasteiger partial charge >= 0.3 is 6.18 Å². The first-order valence-electron chi connectivity index (χ1n) is 5.04. The molecule has 2 N–H and O–H groups in total. The molecular weight excluding hydrogens is 289 g/mol. The molecule has 1 aromatic rings. The summed E-state index contributed by atoms with van der Waals surface area (Å²) in [6.45, 7) is 1.57. The molecule has 2 rings (SSSR count). The van der Waals surface area contributed by atoms with Gasteiger partial charge in [0.2, 0.25) is 0 Å². The number of amidine groups is 1. The van der Waals surface area contributed by atoms with Crippen LogP contribution in [0, 0.1) is 0 Å². The molecule has 0 saturated carbocycles. The van der Waals surface area contributed by atoms with Crippen LogP contribution in [-0.2, 0) is 10.3 Å². The highest BCUT2D eigenvalue weighted by molar-refractivity contribution is 7.10. The minimum atomic E-state index is -4.48. The van der Waals surface area contributed by atoms with Crippen molar-refractivity contribution in [1.82, 2.24) is 0 Å². The largest absolute Gasteiger partial charge is 0.452 e. The number of aliphatic imine (C=N–C) groups is 1. The molecule has 0 unspecified atom stereocenters. The van der Waals surface area contributed by atoms with Crippen molar-refractivity contribution in [2.75, 3.05) is 0 Å². The molecular formula is C10H10ClF3N2OS. The number of alkyl halides is 3. The van der Waals surface area contributed by atoms with Crippen LogP contribution >= 0.6 is 22.9 Å². The summed E-state index contributed by atoms with van der Waals surface area (Å²) in [6, 6.07) is 1.16. The Hall–Kier alpha value is -0.950. The third-order valence-electron chi connectivity index (χ3n) is 2.67. The number of ether oxygens (including phenoxy) is 1. The zero-order chi connectivity index (χ0) is 13.6. The third-order valence-corrected chi connectivity index (χ3v) is 4.27. The SMILES string of the molecule is C[C@@]1(c2sccc2Cl)C[C@@H](C(F)(F)F)OC(N)=N1. The van der Waals surface area contributed by atoms with E-state index in [1.54, 1.807) is 18.4 Å². The predicted molar refractivity (Wildman–Crippen MR) is 63.8 cm³/mol. The Morgan fingerprint density at radius 1 is 1.61 bits per heavy atom. The smallest absolute Gasteiger partial charge is 0.425 e. The molecule has 0 radical (unpaired) electrons. The van der Waals surface area contributed by atoms with Gasteiger partial charge in [0.05, 0.1) is 9.90 Å². The van der Waals surface area contributed by atoms with Gasteiger partial charge in [-0.2, -0.15) is 13.2 Å². The normalized spacial score (nSPS) is 28.7. The van der Waals surface area contributed by atoms with E-state index in [0.717, 1.165) is 0 Å². The Morgan fingerprint density at radius 2 is 2.28 bits per heavy atom. The van der Waals surface area contributed by atoms with Gasteiger partial charge in [-0.1, -0.05) is 11.6 Å². The molecule has 0 fully saturated rings. The van der Waals surface area contributed by atoms with Crippen molar-refractivity contribution in [2.45, 2.75) is 31.2 Å². The highest BCUT2D eigenvalue weighted by atomic mass is 35.5. The Bertz CT molecular complexity index is 488. The van der Waals surface area contributed by atoms with Crippen molar-refractivity contribution in [3.05, 3.63) is 21.3 Å². The van der Waals surface area contributed by atoms with Crippen molar-refractivity contribution < 1.29 is 17.9 Å². The average Bonchev–Trinajstić information content (AvgIpc) is 2.62. The van der Waals surface area contributed by atoms with Crippen LogP contribution in [0.3, 0.4) is 0 Å². The second-order valence-corrected chi connectivity index (χ2v) is 5.50. The minimum absolute atomic E-state index is 0.336. The lowest BCUT2D eigenvalue weighted by Gasteiger charge is -2.35. The molecule has 1 aromatic heterocycles. The van der Waals surface area contributed by atoms with Crippen LogP contribution in [0.1, 0.15) is 18.2 Å². The Labute approximate surface area is 110 Å². The molecule has 0 saturated heterocycles. The zero-order valence-corrected chi connectivity index (χ0v) is 10.9. The number of nitrogens with two attached hydrogens (primary N) is 1. The lowest BCUT2D eigenvalue weighted by molar-refractivity contribution is -0.208. The van der Waals surface area contributed by atoms with Crippen molar-refractivity contribution in [3.63, 3.8) is 0 Å². The first-order valence-corrected chi connectivity index (χ1v) is 6.30. The summed E-state index contributed by atoms with van der Waals surface area (Å²) in [7, 11) is 0. The summed E-state index contributed by atoms with van der Waals surface area (Å²) in [6.07, 6.45) is -6.78. The fraction of sp³-hybridized carbons (Fsp3) is 0.500. The molecule has 18 heavy (non-hydrogen) atoms. The van der Waals surface area contributed by atoms with Crippen LogP contribution < -0.4 is 5.73 Å². The van der Waals surface area contributed by atoms with Gasteiger partial charge in [0.25, 0.3) is 6.02 Å². The van der Waals surface area contributed by atoms with Crippen LogP contribution in [0.25, 0.3) is 0 Å². The lowest BCUT2D eigenvalue weighted by Crippen LogP contribution is -2.45. The van der Waals surface area contributed by atoms with Gasteiger partial charge in [-0.15, -0.1) is 11.3 Å². The van der Waals surface area contributed by atoms with E-state index < -0.39 is 23.8 Å². The van der Waals surface area contributed by atoms with Crippen molar-refractivity contribution >= 4 is 29.0 Å². The van der Waals surface area contributed by atoms with Gasteiger partial charge in [-0.3, -0.25) is 0 Å². The summed E-state index contributed by atoms with van der Waals surface area (Å²) in [4.78, 5) is 4.54. The number of thiophene rings is 1. The van der Waals surface area contributed by atoms with Crippen LogP contribution in [0.5, 0.6) is 0 Å². The highest BCUT2D eigenvalue weighted by Gasteiger charge is 2.50. The number of hydrogen-bond donors (Lipinski definition) is 1. The first kappa shape index (κ1) is 13.5. The standard InChI is InChI=1S/C10H10ClF3N2OS/c1-9(7-5(11)2-3-18-7)4-6(10(12,13)14)17-8(15)16-9/h2-3,6H,4H2,1H3,(H2,15,16)/t6-,9-/m0/s1. The van der Waals surface area contributed by atoms with Gasteiger partial charge in [0.1, 0.15) is 5.54 Å². The van der Waals surface area contributed by atoms with E-state index >= 15 is 0 Å². The van der Waals surface area contributed by atoms with Crippen LogP contribution in [0.15, 0.2) is 16.4 Å². The molecule has 1 aliphatic rings. The van der Waals surface area contributed by atoms with E-state index in [1.807, 2.05) is 0 Å². The van der Waals surface area contributed by atoms with Crippen molar-refractivity contribution in [2.24, 2.45) is 10.7 Å². The molecule has 1 aliphatic heterocycles. The second-order valence-electron chi connectivity index (χ2n) is 4.17. The van der Waals surface area contributed by atoms with E-state index in [2.05, 4.69) is 9.73 Å². The number of hydrogen-bond acceptors (Lipinski definition) is 4. The number of rotatable bonds is 1. The van der Waals surface area contributed by atoms with E-state index in [9.17, 15) is 13.2 Å². The van der Waals surface area contributed by atoms with Gasteiger partial charge in [0.15, 0.2) is 6.10 Å². The maximum atomic E-state index is 12.7. The van der Waals surface area contributed by atoms with Crippen LogP contribution in [0.4, 0.5) is 13.2 Å². The minimum Gasteiger partial charge on any atom is -0.452 e. The van der Waals surface area contributed by atoms with Crippen LogP contribution in [0.2, 0.25) is 5.02 Å². The monoisotopic (exact) mass is 298 g/mol. The van der Waals surface area contributed by atoms with Gasteiger partial charge in [-0.25, -0.2) is 4.99 Å². The molecule has 0 amide bonds. The van der Waals surface area contributed by atoms with Crippen molar-refractivity contribution in [3.8, 4) is 0 Å². The zero-order valence-electron chi connectivity index (χ0n) is 9.29. The Kier molecular flexibility index (Phi) is 3.23. The molecule has 3 nitrogen and oxygen atoms in total. The quantitative estimate of drug-likeness (QED) is 0.865. The molecule has 0 aromatic carbocycles. The summed E-state index contributed by atoms with van der Waals surface area (Å²) in [5, 5.41) is 2.09.